The lowest BCUT2D eigenvalue weighted by Crippen LogP contribution is -2.60. The monoisotopic (exact) mass is 793 g/mol. The lowest BCUT2D eigenvalue weighted by atomic mass is 9.74. The molecule has 3 saturated heterocycles. The summed E-state index contributed by atoms with van der Waals surface area (Å²) < 4.78 is 54.1. The summed E-state index contributed by atoms with van der Waals surface area (Å²) >= 11 is 0. The summed E-state index contributed by atoms with van der Waals surface area (Å²) in [6.45, 7) is 13.5. The van der Waals surface area contributed by atoms with E-state index in [1.807, 2.05) is 25.9 Å². The van der Waals surface area contributed by atoms with Gasteiger partial charge in [-0.15, -0.1) is 0 Å². The van der Waals surface area contributed by atoms with Gasteiger partial charge in [-0.25, -0.2) is 9.59 Å². The maximum Gasteiger partial charge on any atom is 0.509 e. The molecule has 56 heavy (non-hydrogen) atoms. The average molecular weight is 794 g/mol. The second kappa shape index (κ2) is 19.0. The second-order valence-corrected chi connectivity index (χ2v) is 16.3. The number of hydrogen-bond acceptors (Lipinski definition) is 15. The fraction of sp³-hybridized carbons (Fsp3) is 0.756. The molecule has 3 aliphatic rings. The van der Waals surface area contributed by atoms with Crippen LogP contribution in [0.3, 0.4) is 0 Å². The van der Waals surface area contributed by atoms with Crippen LogP contribution in [0.1, 0.15) is 86.3 Å². The van der Waals surface area contributed by atoms with E-state index in [1.165, 1.54) is 14.2 Å². The number of esters is 2. The highest BCUT2D eigenvalue weighted by Gasteiger charge is 2.59. The first kappa shape index (κ1) is 45.5. The van der Waals surface area contributed by atoms with E-state index >= 15 is 0 Å². The summed E-state index contributed by atoms with van der Waals surface area (Å²) in [6, 6.07) is 8.40. The second-order valence-electron chi connectivity index (χ2n) is 16.3. The zero-order valence-corrected chi connectivity index (χ0v) is 34.9. The van der Waals surface area contributed by atoms with Gasteiger partial charge < -0.3 is 52.6 Å². The van der Waals surface area contributed by atoms with Crippen LogP contribution in [0.25, 0.3) is 0 Å². The van der Waals surface area contributed by atoms with Gasteiger partial charge in [0.05, 0.1) is 29.6 Å². The zero-order valence-electron chi connectivity index (χ0n) is 34.9. The molecule has 0 spiro atoms. The van der Waals surface area contributed by atoms with Gasteiger partial charge in [-0.2, -0.15) is 0 Å². The smallest absolute Gasteiger partial charge is 0.459 e. The van der Waals surface area contributed by atoms with Crippen molar-refractivity contribution in [3.8, 4) is 0 Å². The molecule has 1 aromatic carbocycles. The number of Topliss-reactive ketones (excluding diaryl/α,β-unsaturated/α-hetero) is 1. The van der Waals surface area contributed by atoms with Crippen molar-refractivity contribution in [2.24, 2.45) is 23.7 Å². The molecule has 1 unspecified atom stereocenters. The van der Waals surface area contributed by atoms with Crippen LogP contribution in [0.4, 0.5) is 4.79 Å². The van der Waals surface area contributed by atoms with E-state index < -0.39 is 95.9 Å². The highest BCUT2D eigenvalue weighted by Crippen LogP contribution is 2.43. The molecule has 1 N–H and O–H groups in total. The van der Waals surface area contributed by atoms with Gasteiger partial charge in [0.2, 0.25) is 0 Å². The molecule has 3 aliphatic heterocycles. The van der Waals surface area contributed by atoms with Crippen molar-refractivity contribution in [1.29, 1.82) is 0 Å². The van der Waals surface area contributed by atoms with Crippen LogP contribution >= 0.6 is 0 Å². The molecule has 3 fully saturated rings. The summed E-state index contributed by atoms with van der Waals surface area (Å²) in [7, 11) is 6.63. The predicted octanol–water partition coefficient (Wildman–Crippen LogP) is 4.61. The van der Waals surface area contributed by atoms with Crippen LogP contribution in [0.15, 0.2) is 30.3 Å². The number of cyclic esters (lactones) is 1. The summed E-state index contributed by atoms with van der Waals surface area (Å²) in [6.07, 6.45) is -8.44. The van der Waals surface area contributed by atoms with Crippen LogP contribution in [0, 0.1) is 23.7 Å². The van der Waals surface area contributed by atoms with Gasteiger partial charge >= 0.3 is 18.1 Å². The number of aliphatic hydroxyl groups excluding tert-OH is 1. The number of benzene rings is 1. The first-order chi connectivity index (χ1) is 26.3. The number of hydrogen-bond donors (Lipinski definition) is 1. The molecular weight excluding hydrogens is 730 g/mol. The Morgan fingerprint density at radius 3 is 2.25 bits per heavy atom. The van der Waals surface area contributed by atoms with Crippen molar-refractivity contribution in [2.75, 3.05) is 35.1 Å². The summed E-state index contributed by atoms with van der Waals surface area (Å²) in [5.74, 6) is -5.43. The minimum atomic E-state index is -1.52. The molecule has 15 nitrogen and oxygen atoms in total. The molecular formula is C41H63NO14. The number of ketones is 1. The highest BCUT2D eigenvalue weighted by atomic mass is 16.8. The lowest BCUT2D eigenvalue weighted by Gasteiger charge is -2.48. The van der Waals surface area contributed by atoms with Crippen LogP contribution < -0.4 is 0 Å². The van der Waals surface area contributed by atoms with E-state index in [9.17, 15) is 24.3 Å². The number of methoxy groups -OCH3 is 2. The third-order valence-electron chi connectivity index (χ3n) is 11.9. The fourth-order valence-electron chi connectivity index (χ4n) is 8.66. The van der Waals surface area contributed by atoms with Crippen molar-refractivity contribution < 1.29 is 66.9 Å². The fourth-order valence-corrected chi connectivity index (χ4v) is 8.66. The van der Waals surface area contributed by atoms with E-state index in [2.05, 4.69) is 0 Å². The Bertz CT molecular complexity index is 1490. The van der Waals surface area contributed by atoms with Gasteiger partial charge in [-0.3, -0.25) is 9.59 Å². The van der Waals surface area contributed by atoms with Crippen LogP contribution in [-0.2, 0) is 57.0 Å². The molecule has 0 bridgehead atoms. The lowest BCUT2D eigenvalue weighted by molar-refractivity contribution is -0.302. The minimum Gasteiger partial charge on any atom is -0.459 e. The third-order valence-corrected chi connectivity index (χ3v) is 11.9. The summed E-state index contributed by atoms with van der Waals surface area (Å²) in [4.78, 5) is 57.6. The maximum atomic E-state index is 14.4. The first-order valence-electron chi connectivity index (χ1n) is 19.5. The minimum absolute atomic E-state index is 0.0791. The normalized spacial score (nSPS) is 39.1. The van der Waals surface area contributed by atoms with Gasteiger partial charge in [0, 0.05) is 32.1 Å². The van der Waals surface area contributed by atoms with E-state index in [1.54, 1.807) is 78.8 Å². The summed E-state index contributed by atoms with van der Waals surface area (Å²) in [5.41, 5.74) is -2.35. The number of nitrogens with zero attached hydrogens (tertiary/aromatic N) is 1. The van der Waals surface area contributed by atoms with Gasteiger partial charge in [-0.1, -0.05) is 58.0 Å². The van der Waals surface area contributed by atoms with Crippen LogP contribution in [0.2, 0.25) is 0 Å². The number of fused-ring (bicyclic) bond motifs is 1. The molecule has 4 rings (SSSR count). The SMILES string of the molecule is CC[C@H]1OC(=O)[C@H](C)[C@H](OC(=O)C(OCOC)c2ccccc2)[C@H](C)[C@@H](O[C@@H]2O[C@H](C)C[C@H](N(C)C)[C@H]2O)[C@@](C)(OC)C[C@@H](C)C(=O)[C@H](C)[C@H]2OC(=O)O[C@@]21C. The zero-order chi connectivity index (χ0) is 41.7. The molecule has 0 aromatic heterocycles. The molecule has 15 atom stereocenters. The number of rotatable bonds is 11. The first-order valence-corrected chi connectivity index (χ1v) is 19.5. The molecule has 0 amide bonds. The van der Waals surface area contributed by atoms with Crippen molar-refractivity contribution in [2.45, 2.75) is 141 Å². The van der Waals surface area contributed by atoms with Gasteiger partial charge in [0.1, 0.15) is 30.9 Å². The maximum absolute atomic E-state index is 14.4. The molecule has 3 heterocycles. The number of aliphatic hydroxyl groups is 1. The van der Waals surface area contributed by atoms with Crippen molar-refractivity contribution in [1.82, 2.24) is 4.90 Å². The van der Waals surface area contributed by atoms with Gasteiger partial charge in [0.25, 0.3) is 0 Å². The number of likely N-dealkylation sites (N-methyl/N-ethyl adjacent to an activating group) is 1. The Kier molecular flexibility index (Phi) is 15.5. The number of carbonyl (C=O) groups is 4. The average Bonchev–Trinajstić information content (AvgIpc) is 3.48. The standard InChI is InChI=1S/C41H63NO14/c1-13-29-41(8)35(55-39(47)56-41)24(4)30(43)22(2)20-40(7,49-12)34(54-38-31(44)28(42(9)10)19-23(3)51-38)25(5)32(26(6)36(45)52-29)53-37(46)33(50-21-48-11)27-17-15-14-16-18-27/h14-18,22-26,28-29,31-35,38,44H,13,19-21H2,1-12H3/t22-,23-,24+,25+,26-,28+,29-,31-,32-,33?,34-,35-,38+,40+,41-/m1/s1. The third kappa shape index (κ3) is 9.74. The Morgan fingerprint density at radius 2 is 1.66 bits per heavy atom. The molecule has 15 heteroatoms. The van der Waals surface area contributed by atoms with Crippen molar-refractivity contribution in [3.05, 3.63) is 35.9 Å². The Hall–Kier alpha value is -3.18. The van der Waals surface area contributed by atoms with Crippen LogP contribution in [0.5, 0.6) is 0 Å². The largest absolute Gasteiger partial charge is 0.509 e. The summed E-state index contributed by atoms with van der Waals surface area (Å²) in [5, 5.41) is 11.6. The van der Waals surface area contributed by atoms with Gasteiger partial charge in [0.15, 0.2) is 24.1 Å². The number of carbonyl (C=O) groups excluding carboxylic acids is 4. The molecule has 0 radical (unpaired) electrons. The predicted molar refractivity (Wildman–Crippen MR) is 201 cm³/mol. The van der Waals surface area contributed by atoms with Gasteiger partial charge in [-0.05, 0) is 66.6 Å². The Balaban J connectivity index is 1.89. The van der Waals surface area contributed by atoms with E-state index in [-0.39, 0.29) is 37.6 Å². The Morgan fingerprint density at radius 1 is 1.00 bits per heavy atom. The van der Waals surface area contributed by atoms with Crippen LogP contribution in [-0.4, -0.2) is 129 Å². The topological polar surface area (TPSA) is 175 Å². The molecule has 0 aliphatic carbocycles. The number of ether oxygens (including phenoxy) is 9. The Labute approximate surface area is 330 Å². The highest BCUT2D eigenvalue weighted by molar-refractivity contribution is 5.84. The molecule has 1 aromatic rings. The van der Waals surface area contributed by atoms with E-state index in [4.69, 9.17) is 42.6 Å². The van der Waals surface area contributed by atoms with E-state index in [0.717, 1.165) is 0 Å². The van der Waals surface area contributed by atoms with Crippen molar-refractivity contribution >= 4 is 23.9 Å². The molecule has 316 valence electrons. The quantitative estimate of drug-likeness (QED) is 0.187. The molecule has 0 saturated carbocycles. The van der Waals surface area contributed by atoms with Crippen molar-refractivity contribution in [3.63, 3.8) is 0 Å². The van der Waals surface area contributed by atoms with E-state index in [0.29, 0.717) is 12.0 Å².